The highest BCUT2D eigenvalue weighted by Crippen LogP contribution is 2.30. The number of halogens is 1. The first kappa shape index (κ1) is 21.1. The molecule has 0 spiro atoms. The normalized spacial score (nSPS) is 16.1. The van der Waals surface area contributed by atoms with Crippen LogP contribution in [0.2, 0.25) is 0 Å². The maximum atomic E-state index is 12.3. The molecular formula is C20H26ClNO5. The molecule has 0 radical (unpaired) electrons. The van der Waals surface area contributed by atoms with Crippen LogP contribution in [0.5, 0.6) is 11.5 Å². The summed E-state index contributed by atoms with van der Waals surface area (Å²) in [7, 11) is 1.55. The van der Waals surface area contributed by atoms with E-state index in [0.717, 1.165) is 31.2 Å². The van der Waals surface area contributed by atoms with Crippen molar-refractivity contribution in [2.75, 3.05) is 19.6 Å². The van der Waals surface area contributed by atoms with Crippen LogP contribution in [-0.4, -0.2) is 42.1 Å². The van der Waals surface area contributed by atoms with Gasteiger partial charge in [0.2, 0.25) is 5.91 Å². The van der Waals surface area contributed by atoms with Crippen molar-refractivity contribution in [1.82, 2.24) is 5.32 Å². The average molecular weight is 396 g/mol. The van der Waals surface area contributed by atoms with E-state index in [1.54, 1.807) is 31.4 Å². The number of aliphatic carboxylic acids is 1. The smallest absolute Gasteiger partial charge is 0.329 e. The molecule has 7 heteroatoms. The predicted octanol–water partition coefficient (Wildman–Crippen LogP) is 3.62. The lowest BCUT2D eigenvalue weighted by Gasteiger charge is -2.33. The number of carbonyl (C=O) groups is 2. The van der Waals surface area contributed by atoms with Gasteiger partial charge in [0.15, 0.2) is 11.5 Å². The number of ether oxygens (including phenoxy) is 2. The maximum absolute atomic E-state index is 12.3. The van der Waals surface area contributed by atoms with Crippen LogP contribution >= 0.6 is 11.6 Å². The molecular weight excluding hydrogens is 370 g/mol. The van der Waals surface area contributed by atoms with Crippen LogP contribution in [-0.2, 0) is 9.59 Å². The minimum Gasteiger partial charge on any atom is -0.493 e. The summed E-state index contributed by atoms with van der Waals surface area (Å²) in [5, 5.41) is 12.2. The van der Waals surface area contributed by atoms with E-state index >= 15 is 0 Å². The Labute approximate surface area is 164 Å². The molecule has 1 aromatic carbocycles. The van der Waals surface area contributed by atoms with Crippen molar-refractivity contribution in [2.24, 2.45) is 0 Å². The molecule has 1 aliphatic carbocycles. The van der Waals surface area contributed by atoms with Gasteiger partial charge >= 0.3 is 5.97 Å². The minimum atomic E-state index is -1.16. The van der Waals surface area contributed by atoms with Crippen molar-refractivity contribution in [2.45, 2.75) is 44.1 Å². The minimum absolute atomic E-state index is 0.416. The maximum Gasteiger partial charge on any atom is 0.329 e. The number of carbonyl (C=O) groups excluding carboxylic acids is 1. The SMILES string of the molecule is COc1cc(/C=C/C(=O)NC2(C(=O)O)CCCCC2)ccc1OCCCCl. The molecule has 0 atom stereocenters. The number of methoxy groups -OCH3 is 1. The lowest BCUT2D eigenvalue weighted by Crippen LogP contribution is -2.55. The molecule has 1 aromatic rings. The van der Waals surface area contributed by atoms with Crippen LogP contribution in [0.3, 0.4) is 0 Å². The zero-order valence-corrected chi connectivity index (χ0v) is 16.3. The molecule has 0 bridgehead atoms. The van der Waals surface area contributed by atoms with Gasteiger partial charge in [0.25, 0.3) is 0 Å². The van der Waals surface area contributed by atoms with Gasteiger partial charge < -0.3 is 19.9 Å². The monoisotopic (exact) mass is 395 g/mol. The van der Waals surface area contributed by atoms with Crippen LogP contribution in [0.25, 0.3) is 6.08 Å². The van der Waals surface area contributed by atoms with Crippen molar-refractivity contribution in [3.05, 3.63) is 29.8 Å². The predicted molar refractivity (Wildman–Crippen MR) is 104 cm³/mol. The number of amides is 1. The highest BCUT2D eigenvalue weighted by Gasteiger charge is 2.40. The van der Waals surface area contributed by atoms with Crippen molar-refractivity contribution in [1.29, 1.82) is 0 Å². The van der Waals surface area contributed by atoms with Gasteiger partial charge in [-0.15, -0.1) is 11.6 Å². The molecule has 0 saturated heterocycles. The molecule has 0 unspecified atom stereocenters. The zero-order chi connectivity index (χ0) is 19.7. The van der Waals surface area contributed by atoms with Gasteiger partial charge in [-0.3, -0.25) is 4.79 Å². The summed E-state index contributed by atoms with van der Waals surface area (Å²) < 4.78 is 10.9. The number of benzene rings is 1. The Hall–Kier alpha value is -2.21. The van der Waals surface area contributed by atoms with Gasteiger partial charge in [-0.25, -0.2) is 4.79 Å². The van der Waals surface area contributed by atoms with E-state index < -0.39 is 17.4 Å². The van der Waals surface area contributed by atoms with Gasteiger partial charge in [-0.05, 0) is 43.0 Å². The molecule has 27 heavy (non-hydrogen) atoms. The Balaban J connectivity index is 2.03. The van der Waals surface area contributed by atoms with E-state index in [4.69, 9.17) is 21.1 Å². The van der Waals surface area contributed by atoms with Crippen LogP contribution in [0, 0.1) is 0 Å². The van der Waals surface area contributed by atoms with Gasteiger partial charge in [0.05, 0.1) is 13.7 Å². The van der Waals surface area contributed by atoms with Gasteiger partial charge in [-0.2, -0.15) is 0 Å². The Bertz CT molecular complexity index is 683. The second-order valence-corrected chi connectivity index (χ2v) is 6.95. The Kier molecular flexibility index (Phi) is 7.98. The highest BCUT2D eigenvalue weighted by molar-refractivity contribution is 6.17. The van der Waals surface area contributed by atoms with Gasteiger partial charge in [0, 0.05) is 12.0 Å². The van der Waals surface area contributed by atoms with E-state index in [1.807, 2.05) is 0 Å². The van der Waals surface area contributed by atoms with E-state index in [2.05, 4.69) is 5.32 Å². The molecule has 1 amide bonds. The van der Waals surface area contributed by atoms with E-state index in [0.29, 0.717) is 36.8 Å². The Morgan fingerprint density at radius 2 is 2.00 bits per heavy atom. The Morgan fingerprint density at radius 3 is 2.63 bits per heavy atom. The summed E-state index contributed by atoms with van der Waals surface area (Å²) in [5.74, 6) is 0.304. The van der Waals surface area contributed by atoms with E-state index in [9.17, 15) is 14.7 Å². The van der Waals surface area contributed by atoms with E-state index in [1.165, 1.54) is 6.08 Å². The van der Waals surface area contributed by atoms with Crippen LogP contribution in [0.4, 0.5) is 0 Å². The largest absolute Gasteiger partial charge is 0.493 e. The number of hydrogen-bond acceptors (Lipinski definition) is 4. The summed E-state index contributed by atoms with van der Waals surface area (Å²) in [6, 6.07) is 5.33. The lowest BCUT2D eigenvalue weighted by atomic mass is 9.81. The molecule has 2 N–H and O–H groups in total. The third-order valence-electron chi connectivity index (χ3n) is 4.63. The van der Waals surface area contributed by atoms with Gasteiger partial charge in [0.1, 0.15) is 5.54 Å². The van der Waals surface area contributed by atoms with Crippen molar-refractivity contribution >= 4 is 29.6 Å². The second-order valence-electron chi connectivity index (χ2n) is 6.57. The number of hydrogen-bond donors (Lipinski definition) is 2. The number of carboxylic acids is 1. The summed E-state index contributed by atoms with van der Waals surface area (Å²) >= 11 is 5.64. The quantitative estimate of drug-likeness (QED) is 0.379. The lowest BCUT2D eigenvalue weighted by molar-refractivity contribution is -0.148. The highest BCUT2D eigenvalue weighted by atomic mass is 35.5. The first-order valence-electron chi connectivity index (χ1n) is 9.11. The zero-order valence-electron chi connectivity index (χ0n) is 15.5. The molecule has 0 aliphatic heterocycles. The topological polar surface area (TPSA) is 84.9 Å². The molecule has 1 fully saturated rings. The second kappa shape index (κ2) is 10.2. The van der Waals surface area contributed by atoms with Crippen LogP contribution < -0.4 is 14.8 Å². The number of nitrogens with one attached hydrogen (secondary N) is 1. The van der Waals surface area contributed by atoms with E-state index in [-0.39, 0.29) is 0 Å². The molecule has 6 nitrogen and oxygen atoms in total. The van der Waals surface area contributed by atoms with Crippen LogP contribution in [0.15, 0.2) is 24.3 Å². The molecule has 2 rings (SSSR count). The third-order valence-corrected chi connectivity index (χ3v) is 4.90. The molecule has 1 aliphatic rings. The van der Waals surface area contributed by atoms with Crippen molar-refractivity contribution < 1.29 is 24.2 Å². The summed E-state index contributed by atoms with van der Waals surface area (Å²) in [5.41, 5.74) is -0.406. The summed E-state index contributed by atoms with van der Waals surface area (Å²) in [6.07, 6.45) is 7.24. The first-order valence-corrected chi connectivity index (χ1v) is 9.64. The molecule has 0 heterocycles. The molecule has 148 valence electrons. The fourth-order valence-corrected chi connectivity index (χ4v) is 3.25. The number of carboxylic acid groups (broad SMARTS) is 1. The summed E-state index contributed by atoms with van der Waals surface area (Å²) in [6.45, 7) is 0.495. The van der Waals surface area contributed by atoms with Gasteiger partial charge in [-0.1, -0.05) is 25.3 Å². The first-order chi connectivity index (χ1) is 13.0. The number of alkyl halides is 1. The molecule has 1 saturated carbocycles. The fraction of sp³-hybridized carbons (Fsp3) is 0.500. The molecule has 0 aromatic heterocycles. The van der Waals surface area contributed by atoms with Crippen molar-refractivity contribution in [3.8, 4) is 11.5 Å². The third kappa shape index (κ3) is 5.89. The number of rotatable bonds is 9. The summed E-state index contributed by atoms with van der Waals surface area (Å²) in [4.78, 5) is 23.9. The standard InChI is InChI=1S/C20H26ClNO5/c1-26-17-14-15(6-8-16(17)27-13-5-12-21)7-9-18(23)22-20(19(24)25)10-3-2-4-11-20/h6-9,14H,2-5,10-13H2,1H3,(H,22,23)(H,24,25)/b9-7+. The van der Waals surface area contributed by atoms with Crippen LogP contribution in [0.1, 0.15) is 44.1 Å². The van der Waals surface area contributed by atoms with Crippen molar-refractivity contribution in [3.63, 3.8) is 0 Å². The fourth-order valence-electron chi connectivity index (χ4n) is 3.14. The Morgan fingerprint density at radius 1 is 1.26 bits per heavy atom. The average Bonchev–Trinajstić information content (AvgIpc) is 2.67.